The first kappa shape index (κ1) is 14.5. The maximum Gasteiger partial charge on any atom is 0.279 e. The molecule has 0 saturated carbocycles. The minimum absolute atomic E-state index is 0.0506. The Labute approximate surface area is 126 Å². The third-order valence-electron chi connectivity index (χ3n) is 3.50. The summed E-state index contributed by atoms with van der Waals surface area (Å²) in [6.45, 7) is 5.20. The van der Waals surface area contributed by atoms with Crippen molar-refractivity contribution in [2.75, 3.05) is 13.7 Å². The largest absolute Gasteiger partial charge is 0.383 e. The summed E-state index contributed by atoms with van der Waals surface area (Å²) in [5.74, 6) is 0.476. The average molecular weight is 302 g/mol. The zero-order chi connectivity index (χ0) is 15.7. The Kier molecular flexibility index (Phi) is 3.76. The lowest BCUT2D eigenvalue weighted by Crippen LogP contribution is -2.22. The van der Waals surface area contributed by atoms with Crippen LogP contribution in [0.25, 0.3) is 17.0 Å². The van der Waals surface area contributed by atoms with E-state index < -0.39 is 0 Å². The van der Waals surface area contributed by atoms with Gasteiger partial charge in [-0.25, -0.2) is 0 Å². The van der Waals surface area contributed by atoms with Gasteiger partial charge in [0.05, 0.1) is 25.0 Å². The number of hydrogen-bond acceptors (Lipinski definition) is 5. The maximum atomic E-state index is 12.6. The predicted molar refractivity (Wildman–Crippen MR) is 80.8 cm³/mol. The summed E-state index contributed by atoms with van der Waals surface area (Å²) in [5, 5.41) is 8.27. The molecule has 8 heteroatoms. The van der Waals surface area contributed by atoms with E-state index in [1.165, 1.54) is 10.8 Å². The molecule has 3 heterocycles. The molecule has 0 saturated heterocycles. The first-order chi connectivity index (χ1) is 10.6. The second-order valence-electron chi connectivity index (χ2n) is 5.35. The van der Waals surface area contributed by atoms with Crippen LogP contribution in [0.4, 0.5) is 0 Å². The summed E-state index contributed by atoms with van der Waals surface area (Å²) in [6, 6.07) is 0. The highest BCUT2D eigenvalue weighted by molar-refractivity contribution is 5.63. The Bertz CT molecular complexity index is 845. The molecule has 3 rings (SSSR count). The van der Waals surface area contributed by atoms with Crippen LogP contribution in [0.15, 0.2) is 23.5 Å². The van der Waals surface area contributed by atoms with Crippen molar-refractivity contribution in [3.8, 4) is 11.3 Å². The molecule has 0 aromatic carbocycles. The Morgan fingerprint density at radius 1 is 1.36 bits per heavy atom. The molecule has 3 aromatic heterocycles. The van der Waals surface area contributed by atoms with Gasteiger partial charge >= 0.3 is 0 Å². The van der Waals surface area contributed by atoms with Gasteiger partial charge in [-0.3, -0.25) is 9.48 Å². The van der Waals surface area contributed by atoms with Crippen molar-refractivity contribution < 1.29 is 4.74 Å². The maximum absolute atomic E-state index is 12.6. The number of rotatable bonds is 5. The molecule has 0 spiro atoms. The highest BCUT2D eigenvalue weighted by atomic mass is 16.5. The van der Waals surface area contributed by atoms with Crippen LogP contribution in [0.1, 0.15) is 25.3 Å². The first-order valence-electron chi connectivity index (χ1n) is 7.09. The molecule has 0 atom stereocenters. The summed E-state index contributed by atoms with van der Waals surface area (Å²) in [4.78, 5) is 19.9. The van der Waals surface area contributed by atoms with Crippen molar-refractivity contribution in [1.29, 1.82) is 0 Å². The zero-order valence-corrected chi connectivity index (χ0v) is 12.8. The van der Waals surface area contributed by atoms with Crippen LogP contribution in [0.5, 0.6) is 0 Å². The minimum atomic E-state index is -0.152. The van der Waals surface area contributed by atoms with Crippen LogP contribution in [-0.2, 0) is 11.3 Å². The molecule has 3 aromatic rings. The van der Waals surface area contributed by atoms with E-state index in [9.17, 15) is 4.79 Å². The molecule has 0 fully saturated rings. The van der Waals surface area contributed by atoms with Gasteiger partial charge in [-0.05, 0) is 5.92 Å². The number of methoxy groups -OCH3 is 1. The van der Waals surface area contributed by atoms with Gasteiger partial charge in [-0.15, -0.1) is 0 Å². The lowest BCUT2D eigenvalue weighted by atomic mass is 10.0. The second kappa shape index (κ2) is 5.72. The van der Waals surface area contributed by atoms with Gasteiger partial charge < -0.3 is 9.72 Å². The van der Waals surface area contributed by atoms with E-state index in [4.69, 9.17) is 4.74 Å². The second-order valence-corrected chi connectivity index (χ2v) is 5.35. The highest BCUT2D eigenvalue weighted by Gasteiger charge is 2.18. The van der Waals surface area contributed by atoms with Gasteiger partial charge in [-0.1, -0.05) is 13.8 Å². The van der Waals surface area contributed by atoms with E-state index in [0.29, 0.717) is 24.5 Å². The molecule has 0 bridgehead atoms. The zero-order valence-electron chi connectivity index (χ0n) is 12.8. The van der Waals surface area contributed by atoms with Crippen molar-refractivity contribution >= 4 is 5.78 Å². The SMILES string of the molecule is COCCn1cc(-c2[nH]c3ncnn3c(=O)c2C(C)C)cn1. The Balaban J connectivity index is 2.14. The van der Waals surface area contributed by atoms with E-state index >= 15 is 0 Å². The number of aromatic nitrogens is 6. The predicted octanol–water partition coefficient (Wildman–Crippen LogP) is 1.05. The summed E-state index contributed by atoms with van der Waals surface area (Å²) >= 11 is 0. The molecule has 0 aliphatic heterocycles. The number of ether oxygens (including phenoxy) is 1. The van der Waals surface area contributed by atoms with Gasteiger partial charge in [-0.2, -0.15) is 19.7 Å². The Morgan fingerprint density at radius 2 is 2.18 bits per heavy atom. The Hall–Kier alpha value is -2.48. The van der Waals surface area contributed by atoms with Crippen molar-refractivity contribution in [3.63, 3.8) is 0 Å². The number of fused-ring (bicyclic) bond motifs is 1. The summed E-state index contributed by atoms with van der Waals surface area (Å²) in [5.41, 5.74) is 2.11. The number of nitrogens with zero attached hydrogens (tertiary/aromatic N) is 5. The van der Waals surface area contributed by atoms with Crippen LogP contribution in [-0.4, -0.2) is 43.1 Å². The van der Waals surface area contributed by atoms with Crippen molar-refractivity contribution in [1.82, 2.24) is 29.4 Å². The third-order valence-corrected chi connectivity index (χ3v) is 3.50. The Morgan fingerprint density at radius 3 is 2.91 bits per heavy atom. The summed E-state index contributed by atoms with van der Waals surface area (Å²) < 4.78 is 8.12. The van der Waals surface area contributed by atoms with E-state index in [1.807, 2.05) is 20.0 Å². The first-order valence-corrected chi connectivity index (χ1v) is 7.09. The lowest BCUT2D eigenvalue weighted by molar-refractivity contribution is 0.183. The molecule has 0 aliphatic rings. The van der Waals surface area contributed by atoms with Gasteiger partial charge in [0.1, 0.15) is 6.33 Å². The fraction of sp³-hybridized carbons (Fsp3) is 0.429. The average Bonchev–Trinajstić information content (AvgIpc) is 3.13. The van der Waals surface area contributed by atoms with Crippen molar-refractivity contribution in [2.45, 2.75) is 26.3 Å². The standard InChI is InChI=1S/C14H18N6O2/c1-9(2)11-12(10-6-16-19(7-10)4-5-22-3)18-14-15-8-17-20(14)13(11)21/h6-9H,4-5H2,1-3H3,(H,15,17,18). The monoisotopic (exact) mass is 302 g/mol. The molecule has 1 N–H and O–H groups in total. The smallest absolute Gasteiger partial charge is 0.279 e. The summed E-state index contributed by atoms with van der Waals surface area (Å²) in [6.07, 6.45) is 4.99. The van der Waals surface area contributed by atoms with Gasteiger partial charge in [0.15, 0.2) is 0 Å². The fourth-order valence-corrected chi connectivity index (χ4v) is 2.44. The summed E-state index contributed by atoms with van der Waals surface area (Å²) in [7, 11) is 1.65. The van der Waals surface area contributed by atoms with Crippen LogP contribution in [0.3, 0.4) is 0 Å². The van der Waals surface area contributed by atoms with E-state index in [2.05, 4.69) is 20.2 Å². The van der Waals surface area contributed by atoms with Crippen LogP contribution >= 0.6 is 0 Å². The third kappa shape index (κ3) is 2.41. The van der Waals surface area contributed by atoms with E-state index in [0.717, 1.165) is 11.3 Å². The molecular weight excluding hydrogens is 284 g/mol. The normalized spacial score (nSPS) is 11.6. The van der Waals surface area contributed by atoms with Crippen LogP contribution in [0.2, 0.25) is 0 Å². The highest BCUT2D eigenvalue weighted by Crippen LogP contribution is 2.24. The van der Waals surface area contributed by atoms with Crippen molar-refractivity contribution in [2.24, 2.45) is 0 Å². The van der Waals surface area contributed by atoms with Crippen LogP contribution < -0.4 is 5.56 Å². The van der Waals surface area contributed by atoms with E-state index in [1.54, 1.807) is 18.0 Å². The van der Waals surface area contributed by atoms with Crippen LogP contribution in [0, 0.1) is 0 Å². The van der Waals surface area contributed by atoms with Gasteiger partial charge in [0, 0.05) is 24.4 Å². The molecule has 8 nitrogen and oxygen atoms in total. The molecule has 116 valence electrons. The molecule has 0 amide bonds. The van der Waals surface area contributed by atoms with Gasteiger partial charge in [0.2, 0.25) is 5.78 Å². The number of H-pyrrole nitrogens is 1. The number of hydrogen-bond donors (Lipinski definition) is 1. The number of nitrogens with one attached hydrogen (secondary N) is 1. The molecule has 22 heavy (non-hydrogen) atoms. The number of aromatic amines is 1. The molecule has 0 radical (unpaired) electrons. The lowest BCUT2D eigenvalue weighted by Gasteiger charge is -2.10. The topological polar surface area (TPSA) is 90.1 Å². The fourth-order valence-electron chi connectivity index (χ4n) is 2.44. The van der Waals surface area contributed by atoms with Crippen molar-refractivity contribution in [3.05, 3.63) is 34.6 Å². The minimum Gasteiger partial charge on any atom is -0.383 e. The molecule has 0 unspecified atom stereocenters. The molecular formula is C14H18N6O2. The molecule has 0 aliphatic carbocycles. The van der Waals surface area contributed by atoms with Gasteiger partial charge in [0.25, 0.3) is 5.56 Å². The quantitative estimate of drug-likeness (QED) is 0.761. The van der Waals surface area contributed by atoms with E-state index in [-0.39, 0.29) is 11.5 Å².